The maximum Gasteiger partial charge on any atom is 0.0460 e. The lowest BCUT2D eigenvalue weighted by Gasteiger charge is -2.27. The Kier molecular flexibility index (Phi) is 5.07. The molecule has 0 aromatic heterocycles. The van der Waals surface area contributed by atoms with Crippen molar-refractivity contribution in [2.75, 3.05) is 0 Å². The van der Waals surface area contributed by atoms with Crippen molar-refractivity contribution >= 4 is 30.1 Å². The highest BCUT2D eigenvalue weighted by atomic mass is 35.5. The molecule has 1 unspecified atom stereocenters. The molecule has 4 rings (SSSR count). The predicted octanol–water partition coefficient (Wildman–Crippen LogP) is 6.23. The highest BCUT2D eigenvalue weighted by Gasteiger charge is 2.31. The van der Waals surface area contributed by atoms with Gasteiger partial charge < -0.3 is 0 Å². The average molecular weight is 375 g/mol. The van der Waals surface area contributed by atoms with E-state index in [0.29, 0.717) is 0 Å². The molecule has 0 fully saturated rings. The molecule has 0 saturated heterocycles. The van der Waals surface area contributed by atoms with E-state index in [0.717, 1.165) is 5.03 Å². The molecule has 0 radical (unpaired) electrons. The lowest BCUT2D eigenvalue weighted by atomic mass is 9.96. The molecule has 2 heteroatoms. The molecule has 0 aliphatic heterocycles. The highest BCUT2D eigenvalue weighted by molar-refractivity contribution is 7.76. The van der Waals surface area contributed by atoms with Crippen LogP contribution in [0.5, 0.6) is 0 Å². The summed E-state index contributed by atoms with van der Waals surface area (Å²) in [6.07, 6.45) is 4.32. The van der Waals surface area contributed by atoms with Gasteiger partial charge in [0.05, 0.1) is 0 Å². The molecular weight excluding hydrogens is 355 g/mol. The van der Waals surface area contributed by atoms with Crippen molar-refractivity contribution in [3.8, 4) is 0 Å². The van der Waals surface area contributed by atoms with Crippen LogP contribution in [0.4, 0.5) is 0 Å². The van der Waals surface area contributed by atoms with E-state index in [1.165, 1.54) is 27.1 Å². The minimum atomic E-state index is -0.629. The first-order chi connectivity index (χ1) is 12.8. The second kappa shape index (κ2) is 7.62. The van der Waals surface area contributed by atoms with Crippen LogP contribution < -0.4 is 10.6 Å². The van der Waals surface area contributed by atoms with E-state index in [-0.39, 0.29) is 5.92 Å². The van der Waals surface area contributed by atoms with Gasteiger partial charge in [-0.1, -0.05) is 103 Å². The summed E-state index contributed by atoms with van der Waals surface area (Å²) in [5.41, 5.74) is 2.59. The van der Waals surface area contributed by atoms with Crippen molar-refractivity contribution in [1.82, 2.24) is 0 Å². The summed E-state index contributed by atoms with van der Waals surface area (Å²) in [6.45, 7) is 2.17. The van der Waals surface area contributed by atoms with Crippen LogP contribution in [0.2, 0.25) is 0 Å². The SMILES string of the molecule is Cc1ccccc1C1C(Cl)=CC=C1P(c1ccccc1)c1ccccc1. The molecule has 0 spiro atoms. The van der Waals surface area contributed by atoms with Crippen LogP contribution in [0.1, 0.15) is 17.0 Å². The van der Waals surface area contributed by atoms with Gasteiger partial charge in [0.2, 0.25) is 0 Å². The second-order valence-electron chi connectivity index (χ2n) is 6.44. The third-order valence-electron chi connectivity index (χ3n) is 4.77. The number of allylic oxidation sites excluding steroid dienone is 4. The normalized spacial score (nSPS) is 16.5. The second-order valence-corrected chi connectivity index (χ2v) is 9.10. The van der Waals surface area contributed by atoms with Crippen LogP contribution in [0.15, 0.2) is 107 Å². The molecule has 3 aromatic carbocycles. The first-order valence-electron chi connectivity index (χ1n) is 8.79. The average Bonchev–Trinajstić information content (AvgIpc) is 3.05. The summed E-state index contributed by atoms with van der Waals surface area (Å²) in [6, 6.07) is 30.2. The third kappa shape index (κ3) is 3.28. The molecule has 26 heavy (non-hydrogen) atoms. The molecule has 128 valence electrons. The Morgan fingerprint density at radius 1 is 0.692 bits per heavy atom. The monoisotopic (exact) mass is 374 g/mol. The minimum absolute atomic E-state index is 0.143. The number of benzene rings is 3. The van der Waals surface area contributed by atoms with Crippen LogP contribution in [-0.4, -0.2) is 0 Å². The molecule has 0 bridgehead atoms. The molecule has 0 N–H and O–H groups in total. The zero-order valence-corrected chi connectivity index (χ0v) is 16.3. The van der Waals surface area contributed by atoms with E-state index in [1.54, 1.807) is 0 Å². The highest BCUT2D eigenvalue weighted by Crippen LogP contribution is 2.55. The molecule has 0 saturated carbocycles. The Labute approximate surface area is 161 Å². The first kappa shape index (κ1) is 17.3. The van der Waals surface area contributed by atoms with E-state index in [4.69, 9.17) is 11.6 Å². The van der Waals surface area contributed by atoms with E-state index in [9.17, 15) is 0 Å². The molecule has 1 aliphatic carbocycles. The van der Waals surface area contributed by atoms with Gasteiger partial charge in [-0.25, -0.2) is 0 Å². The number of aryl methyl sites for hydroxylation is 1. The van der Waals surface area contributed by atoms with Crippen LogP contribution in [0.3, 0.4) is 0 Å². The predicted molar refractivity (Wildman–Crippen MR) is 115 cm³/mol. The van der Waals surface area contributed by atoms with Gasteiger partial charge in [-0.15, -0.1) is 0 Å². The summed E-state index contributed by atoms with van der Waals surface area (Å²) < 4.78 is 0. The summed E-state index contributed by atoms with van der Waals surface area (Å²) in [4.78, 5) is 0. The molecule has 1 aliphatic rings. The number of hydrogen-bond acceptors (Lipinski definition) is 0. The van der Waals surface area contributed by atoms with Crippen molar-refractivity contribution in [2.45, 2.75) is 12.8 Å². The fourth-order valence-electron chi connectivity index (χ4n) is 3.52. The van der Waals surface area contributed by atoms with Gasteiger partial charge in [0.15, 0.2) is 0 Å². The van der Waals surface area contributed by atoms with Crippen molar-refractivity contribution < 1.29 is 0 Å². The fourth-order valence-corrected chi connectivity index (χ4v) is 6.49. The minimum Gasteiger partial charge on any atom is -0.0881 e. The van der Waals surface area contributed by atoms with E-state index < -0.39 is 7.92 Å². The standard InChI is InChI=1S/C24H20ClP/c1-18-10-8-9-15-21(18)24-22(25)16-17-23(24)26(19-11-4-2-5-12-19)20-13-6-3-7-14-20/h2-17,24H,1H3. The van der Waals surface area contributed by atoms with Gasteiger partial charge in [0, 0.05) is 11.0 Å². The molecule has 0 amide bonds. The fraction of sp³-hybridized carbons (Fsp3) is 0.0833. The Morgan fingerprint density at radius 2 is 1.23 bits per heavy atom. The smallest absolute Gasteiger partial charge is 0.0460 e. The molecule has 0 nitrogen and oxygen atoms in total. The molecule has 1 atom stereocenters. The van der Waals surface area contributed by atoms with Crippen LogP contribution >= 0.6 is 19.5 Å². The van der Waals surface area contributed by atoms with E-state index >= 15 is 0 Å². The number of rotatable bonds is 4. The molecule has 0 heterocycles. The van der Waals surface area contributed by atoms with E-state index in [1.807, 2.05) is 0 Å². The Balaban J connectivity index is 1.85. The summed E-state index contributed by atoms with van der Waals surface area (Å²) in [5, 5.41) is 5.03. The van der Waals surface area contributed by atoms with Gasteiger partial charge in [-0.3, -0.25) is 0 Å². The van der Waals surface area contributed by atoms with Crippen molar-refractivity contribution in [1.29, 1.82) is 0 Å². The van der Waals surface area contributed by atoms with E-state index in [2.05, 4.69) is 104 Å². The Morgan fingerprint density at radius 3 is 1.81 bits per heavy atom. The van der Waals surface area contributed by atoms with Crippen LogP contribution in [-0.2, 0) is 0 Å². The topological polar surface area (TPSA) is 0 Å². The maximum atomic E-state index is 6.72. The lowest BCUT2D eigenvalue weighted by Crippen LogP contribution is -2.15. The molecular formula is C24H20ClP. The largest absolute Gasteiger partial charge is 0.0881 e. The lowest BCUT2D eigenvalue weighted by molar-refractivity contribution is 1.04. The van der Waals surface area contributed by atoms with Gasteiger partial charge >= 0.3 is 0 Å². The molecule has 3 aromatic rings. The van der Waals surface area contributed by atoms with Crippen LogP contribution in [0.25, 0.3) is 0 Å². The Hall–Kier alpha value is -2.14. The summed E-state index contributed by atoms with van der Waals surface area (Å²) >= 11 is 6.72. The summed E-state index contributed by atoms with van der Waals surface area (Å²) in [7, 11) is -0.629. The van der Waals surface area contributed by atoms with Gasteiger partial charge in [-0.05, 0) is 48.0 Å². The number of halogens is 1. The maximum absolute atomic E-state index is 6.72. The van der Waals surface area contributed by atoms with Crippen molar-refractivity contribution in [3.05, 3.63) is 119 Å². The first-order valence-corrected chi connectivity index (χ1v) is 10.5. The van der Waals surface area contributed by atoms with Gasteiger partial charge in [0.25, 0.3) is 0 Å². The number of hydrogen-bond donors (Lipinski definition) is 0. The Bertz CT molecular complexity index is 918. The zero-order valence-electron chi connectivity index (χ0n) is 14.6. The zero-order chi connectivity index (χ0) is 17.9. The van der Waals surface area contributed by atoms with Crippen molar-refractivity contribution in [3.63, 3.8) is 0 Å². The third-order valence-corrected chi connectivity index (χ3v) is 7.67. The van der Waals surface area contributed by atoms with Gasteiger partial charge in [0.1, 0.15) is 0 Å². The van der Waals surface area contributed by atoms with Crippen LogP contribution in [0, 0.1) is 6.92 Å². The summed E-state index contributed by atoms with van der Waals surface area (Å²) in [5.74, 6) is 0.143. The quantitative estimate of drug-likeness (QED) is 0.475. The van der Waals surface area contributed by atoms with Gasteiger partial charge in [-0.2, -0.15) is 0 Å². The van der Waals surface area contributed by atoms with Crippen molar-refractivity contribution in [2.24, 2.45) is 0 Å².